The Bertz CT molecular complexity index is 692. The summed E-state index contributed by atoms with van der Waals surface area (Å²) >= 11 is 0. The molecule has 0 saturated carbocycles. The molecule has 0 N–H and O–H groups in total. The smallest absolute Gasteiger partial charge is 0.330 e. The van der Waals surface area contributed by atoms with Crippen LogP contribution in [0.3, 0.4) is 0 Å². The monoisotopic (exact) mass is 324 g/mol. The Morgan fingerprint density at radius 3 is 2.42 bits per heavy atom. The van der Waals surface area contributed by atoms with Crippen molar-refractivity contribution in [3.8, 4) is 16.9 Å². The van der Waals surface area contributed by atoms with Gasteiger partial charge in [0.05, 0.1) is 6.61 Å². The lowest BCUT2D eigenvalue weighted by molar-refractivity contribution is -0.137. The summed E-state index contributed by atoms with van der Waals surface area (Å²) in [4.78, 5) is 22.9. The van der Waals surface area contributed by atoms with Crippen molar-refractivity contribution in [2.45, 2.75) is 19.3 Å². The molecule has 0 fully saturated rings. The van der Waals surface area contributed by atoms with Crippen LogP contribution in [0.2, 0.25) is 0 Å². The molecule has 24 heavy (non-hydrogen) atoms. The second-order valence-electron chi connectivity index (χ2n) is 5.16. The number of carbonyl (C=O) groups is 2. The molecular weight excluding hydrogens is 304 g/mol. The molecule has 124 valence electrons. The molecule has 2 aromatic rings. The van der Waals surface area contributed by atoms with Crippen molar-refractivity contribution in [1.29, 1.82) is 0 Å². The highest BCUT2D eigenvalue weighted by Gasteiger charge is 2.10. The van der Waals surface area contributed by atoms with Crippen LogP contribution in [0.5, 0.6) is 5.75 Å². The largest absolute Gasteiger partial charge is 0.463 e. The topological polar surface area (TPSA) is 52.6 Å². The first kappa shape index (κ1) is 17.5. The fourth-order valence-electron chi connectivity index (χ4n) is 2.19. The highest BCUT2D eigenvalue weighted by molar-refractivity contribution is 5.81. The number of hydrogen-bond acceptors (Lipinski definition) is 4. The summed E-state index contributed by atoms with van der Waals surface area (Å²) in [7, 11) is 0. The molecule has 2 aromatic carbocycles. The van der Waals surface area contributed by atoms with Crippen LogP contribution in [0, 0.1) is 0 Å². The van der Waals surface area contributed by atoms with Gasteiger partial charge in [0, 0.05) is 18.1 Å². The number of hydrogen-bond donors (Lipinski definition) is 0. The van der Waals surface area contributed by atoms with E-state index in [1.54, 1.807) is 6.07 Å². The number of para-hydroxylation sites is 1. The SMILES string of the molecule is C=CC(=O)OCCCCC(=O)Oc1ccccc1-c1ccccc1. The minimum atomic E-state index is -0.450. The first-order valence-electron chi connectivity index (χ1n) is 7.85. The van der Waals surface area contributed by atoms with E-state index in [0.29, 0.717) is 18.6 Å². The normalized spacial score (nSPS) is 10.0. The Hall–Kier alpha value is -2.88. The van der Waals surface area contributed by atoms with Crippen LogP contribution in [0.4, 0.5) is 0 Å². The van der Waals surface area contributed by atoms with Crippen LogP contribution in [-0.4, -0.2) is 18.5 Å². The van der Waals surface area contributed by atoms with Crippen molar-refractivity contribution < 1.29 is 19.1 Å². The molecule has 0 radical (unpaired) electrons. The van der Waals surface area contributed by atoms with Gasteiger partial charge in [-0.3, -0.25) is 4.79 Å². The van der Waals surface area contributed by atoms with Crippen LogP contribution >= 0.6 is 0 Å². The highest BCUT2D eigenvalue weighted by Crippen LogP contribution is 2.29. The molecular formula is C20H20O4. The number of benzene rings is 2. The van der Waals surface area contributed by atoms with E-state index < -0.39 is 5.97 Å². The lowest BCUT2D eigenvalue weighted by Gasteiger charge is -2.10. The van der Waals surface area contributed by atoms with E-state index >= 15 is 0 Å². The van der Waals surface area contributed by atoms with Crippen molar-refractivity contribution in [2.24, 2.45) is 0 Å². The zero-order valence-electron chi connectivity index (χ0n) is 13.4. The zero-order chi connectivity index (χ0) is 17.2. The van der Waals surface area contributed by atoms with Gasteiger partial charge in [0.2, 0.25) is 0 Å². The van der Waals surface area contributed by atoms with Gasteiger partial charge in [-0.15, -0.1) is 0 Å². The fraction of sp³-hybridized carbons (Fsp3) is 0.200. The van der Waals surface area contributed by atoms with Gasteiger partial charge >= 0.3 is 11.9 Å². The maximum Gasteiger partial charge on any atom is 0.330 e. The van der Waals surface area contributed by atoms with Crippen molar-refractivity contribution in [1.82, 2.24) is 0 Å². The third-order valence-corrected chi connectivity index (χ3v) is 3.38. The maximum absolute atomic E-state index is 12.0. The Morgan fingerprint density at radius 1 is 0.958 bits per heavy atom. The van der Waals surface area contributed by atoms with E-state index in [0.717, 1.165) is 17.2 Å². The molecule has 0 unspecified atom stereocenters. The number of esters is 2. The molecule has 4 nitrogen and oxygen atoms in total. The van der Waals surface area contributed by atoms with E-state index in [9.17, 15) is 9.59 Å². The maximum atomic E-state index is 12.0. The van der Waals surface area contributed by atoms with Crippen molar-refractivity contribution >= 4 is 11.9 Å². The lowest BCUT2D eigenvalue weighted by Crippen LogP contribution is -2.09. The Morgan fingerprint density at radius 2 is 1.67 bits per heavy atom. The van der Waals surface area contributed by atoms with E-state index in [4.69, 9.17) is 9.47 Å². The Labute approximate surface area is 141 Å². The van der Waals surface area contributed by atoms with E-state index in [-0.39, 0.29) is 19.0 Å². The fourth-order valence-corrected chi connectivity index (χ4v) is 2.19. The van der Waals surface area contributed by atoms with Crippen LogP contribution in [0.1, 0.15) is 19.3 Å². The van der Waals surface area contributed by atoms with Gasteiger partial charge in [0.15, 0.2) is 0 Å². The molecule has 0 aliphatic carbocycles. The second kappa shape index (κ2) is 9.30. The Balaban J connectivity index is 1.86. The average Bonchev–Trinajstić information content (AvgIpc) is 2.62. The van der Waals surface area contributed by atoms with Crippen LogP contribution < -0.4 is 4.74 Å². The molecule has 0 heterocycles. The van der Waals surface area contributed by atoms with Gasteiger partial charge in [-0.1, -0.05) is 55.1 Å². The quantitative estimate of drug-likeness (QED) is 0.317. The summed E-state index contributed by atoms with van der Waals surface area (Å²) < 4.78 is 10.3. The van der Waals surface area contributed by atoms with E-state index in [2.05, 4.69) is 6.58 Å². The molecule has 0 spiro atoms. The van der Waals surface area contributed by atoms with Crippen molar-refractivity contribution in [3.63, 3.8) is 0 Å². The molecule has 0 aromatic heterocycles. The second-order valence-corrected chi connectivity index (χ2v) is 5.16. The summed E-state index contributed by atoms with van der Waals surface area (Å²) in [5, 5.41) is 0. The van der Waals surface area contributed by atoms with E-state index in [1.807, 2.05) is 48.5 Å². The standard InChI is InChI=1S/C20H20O4/c1-2-19(21)23-15-9-8-14-20(22)24-18-13-7-6-12-17(18)16-10-4-3-5-11-16/h2-7,10-13H,1,8-9,14-15H2. The number of unbranched alkanes of at least 4 members (excludes halogenated alkanes) is 1. The summed E-state index contributed by atoms with van der Waals surface area (Å²) in [6.07, 6.45) is 2.59. The molecule has 0 atom stereocenters. The summed E-state index contributed by atoms with van der Waals surface area (Å²) in [6, 6.07) is 17.2. The molecule has 2 rings (SSSR count). The van der Waals surface area contributed by atoms with Gasteiger partial charge in [0.25, 0.3) is 0 Å². The van der Waals surface area contributed by atoms with E-state index in [1.165, 1.54) is 0 Å². The highest BCUT2D eigenvalue weighted by atomic mass is 16.5. The molecule has 4 heteroatoms. The van der Waals surface area contributed by atoms with Gasteiger partial charge in [-0.2, -0.15) is 0 Å². The van der Waals surface area contributed by atoms with Crippen LogP contribution in [0.15, 0.2) is 67.3 Å². The van der Waals surface area contributed by atoms with Gasteiger partial charge in [-0.25, -0.2) is 4.79 Å². The number of rotatable bonds is 8. The van der Waals surface area contributed by atoms with Gasteiger partial charge < -0.3 is 9.47 Å². The molecule has 0 amide bonds. The molecule has 0 aliphatic rings. The molecule has 0 aliphatic heterocycles. The van der Waals surface area contributed by atoms with Crippen molar-refractivity contribution in [3.05, 3.63) is 67.3 Å². The summed E-state index contributed by atoms with van der Waals surface area (Å²) in [5.74, 6) is -0.199. The first-order valence-corrected chi connectivity index (χ1v) is 7.85. The number of ether oxygens (including phenoxy) is 2. The summed E-state index contributed by atoms with van der Waals surface area (Å²) in [5.41, 5.74) is 1.88. The van der Waals surface area contributed by atoms with Crippen LogP contribution in [0.25, 0.3) is 11.1 Å². The molecule has 0 saturated heterocycles. The first-order chi connectivity index (χ1) is 11.7. The minimum absolute atomic E-state index is 0.273. The lowest BCUT2D eigenvalue weighted by atomic mass is 10.1. The average molecular weight is 324 g/mol. The van der Waals surface area contributed by atoms with Crippen LogP contribution in [-0.2, 0) is 14.3 Å². The van der Waals surface area contributed by atoms with Gasteiger partial charge in [0.1, 0.15) is 5.75 Å². The molecule has 0 bridgehead atoms. The number of carbonyl (C=O) groups excluding carboxylic acids is 2. The van der Waals surface area contributed by atoms with Gasteiger partial charge in [-0.05, 0) is 24.5 Å². The summed E-state index contributed by atoms with van der Waals surface area (Å²) in [6.45, 7) is 3.60. The minimum Gasteiger partial charge on any atom is -0.463 e. The third kappa shape index (κ3) is 5.39. The zero-order valence-corrected chi connectivity index (χ0v) is 13.4. The predicted octanol–water partition coefficient (Wildman–Crippen LogP) is 4.16. The Kier molecular flexibility index (Phi) is 6.77. The predicted molar refractivity (Wildman–Crippen MR) is 92.5 cm³/mol. The van der Waals surface area contributed by atoms with Crippen molar-refractivity contribution in [2.75, 3.05) is 6.61 Å². The third-order valence-electron chi connectivity index (χ3n) is 3.38.